The summed E-state index contributed by atoms with van der Waals surface area (Å²) in [6.07, 6.45) is 0. The monoisotopic (exact) mass is 825 g/mol. The van der Waals surface area contributed by atoms with Gasteiger partial charge in [-0.1, -0.05) is 182 Å². The van der Waals surface area contributed by atoms with Crippen molar-refractivity contribution < 1.29 is 0 Å². The number of fused-ring (bicyclic) bond motifs is 11. The van der Waals surface area contributed by atoms with Crippen LogP contribution in [0.2, 0.25) is 0 Å². The van der Waals surface area contributed by atoms with Gasteiger partial charge in [0.05, 0.1) is 44.5 Å². The van der Waals surface area contributed by atoms with Crippen LogP contribution >= 0.6 is 0 Å². The second-order valence-electron chi connectivity index (χ2n) is 17.2. The number of hydrogen-bond donors (Lipinski definition) is 0. The molecule has 3 aromatic heterocycles. The first-order chi connectivity index (χ1) is 32.3. The van der Waals surface area contributed by atoms with Crippen molar-refractivity contribution in [1.82, 2.24) is 13.7 Å². The lowest BCUT2D eigenvalue weighted by molar-refractivity contribution is 1.09. The fourth-order valence-electron chi connectivity index (χ4n) is 11.1. The molecular formula is C62H39N3. The first kappa shape index (κ1) is 35.9. The van der Waals surface area contributed by atoms with Gasteiger partial charge in [-0.2, -0.15) is 0 Å². The van der Waals surface area contributed by atoms with E-state index in [9.17, 15) is 0 Å². The summed E-state index contributed by atoms with van der Waals surface area (Å²) < 4.78 is 7.45. The lowest BCUT2D eigenvalue weighted by Gasteiger charge is -2.19. The van der Waals surface area contributed by atoms with Crippen molar-refractivity contribution in [2.45, 2.75) is 0 Å². The van der Waals surface area contributed by atoms with E-state index in [4.69, 9.17) is 0 Å². The van der Waals surface area contributed by atoms with E-state index in [1.54, 1.807) is 0 Å². The van der Waals surface area contributed by atoms with Crippen molar-refractivity contribution in [2.24, 2.45) is 0 Å². The van der Waals surface area contributed by atoms with E-state index < -0.39 is 0 Å². The molecule has 0 radical (unpaired) electrons. The highest BCUT2D eigenvalue weighted by Gasteiger charge is 2.23. The summed E-state index contributed by atoms with van der Waals surface area (Å²) in [4.78, 5) is 0. The highest BCUT2D eigenvalue weighted by Crippen LogP contribution is 2.45. The van der Waals surface area contributed by atoms with Crippen molar-refractivity contribution in [3.8, 4) is 39.3 Å². The summed E-state index contributed by atoms with van der Waals surface area (Å²) in [6, 6.07) is 87.1. The lowest BCUT2D eigenvalue weighted by Crippen LogP contribution is -2.04. The molecular weight excluding hydrogens is 787 g/mol. The molecule has 0 aliphatic heterocycles. The summed E-state index contributed by atoms with van der Waals surface area (Å²) >= 11 is 0. The molecule has 0 atom stereocenters. The lowest BCUT2D eigenvalue weighted by atomic mass is 9.86. The fraction of sp³-hybridized carbons (Fsp3) is 0. The number of para-hydroxylation sites is 5. The summed E-state index contributed by atoms with van der Waals surface area (Å²) in [6.45, 7) is 0. The molecule has 14 aromatic rings. The van der Waals surface area contributed by atoms with Gasteiger partial charge in [-0.25, -0.2) is 0 Å². The van der Waals surface area contributed by atoms with Crippen LogP contribution < -0.4 is 0 Å². The zero-order valence-corrected chi connectivity index (χ0v) is 35.4. The van der Waals surface area contributed by atoms with E-state index in [2.05, 4.69) is 250 Å². The van der Waals surface area contributed by atoms with Gasteiger partial charge in [0.1, 0.15) is 0 Å². The Bertz CT molecular complexity index is 4060. The van der Waals surface area contributed by atoms with E-state index >= 15 is 0 Å². The third-order valence-corrected chi connectivity index (χ3v) is 13.8. The molecule has 0 amide bonds. The number of aromatic nitrogens is 3. The molecule has 11 aromatic carbocycles. The molecule has 0 saturated carbocycles. The van der Waals surface area contributed by atoms with Crippen LogP contribution in [0.3, 0.4) is 0 Å². The van der Waals surface area contributed by atoms with Crippen LogP contribution in [0.5, 0.6) is 0 Å². The van der Waals surface area contributed by atoms with Gasteiger partial charge >= 0.3 is 0 Å². The Balaban J connectivity index is 1.05. The molecule has 0 bridgehead atoms. The maximum atomic E-state index is 2.49. The molecule has 0 aliphatic rings. The van der Waals surface area contributed by atoms with E-state index in [0.29, 0.717) is 0 Å². The zero-order chi connectivity index (χ0) is 42.6. The predicted molar refractivity (Wildman–Crippen MR) is 275 cm³/mol. The Morgan fingerprint density at radius 2 is 0.508 bits per heavy atom. The molecule has 0 fully saturated rings. The van der Waals surface area contributed by atoms with Crippen LogP contribution in [0.25, 0.3) is 126 Å². The maximum absolute atomic E-state index is 2.49. The first-order valence-corrected chi connectivity index (χ1v) is 22.4. The number of nitrogens with zero attached hydrogens (tertiary/aromatic N) is 3. The minimum Gasteiger partial charge on any atom is -0.309 e. The minimum atomic E-state index is 1.12. The summed E-state index contributed by atoms with van der Waals surface area (Å²) in [7, 11) is 0. The van der Waals surface area contributed by atoms with E-state index in [0.717, 1.165) is 22.6 Å². The molecule has 3 heterocycles. The molecule has 14 rings (SSSR count). The Labute approximate surface area is 374 Å². The van der Waals surface area contributed by atoms with Crippen LogP contribution in [0.4, 0.5) is 0 Å². The highest BCUT2D eigenvalue weighted by molar-refractivity contribution is 6.22. The van der Waals surface area contributed by atoms with Crippen molar-refractivity contribution in [3.05, 3.63) is 237 Å². The Morgan fingerprint density at radius 1 is 0.200 bits per heavy atom. The Kier molecular flexibility index (Phi) is 7.69. The van der Waals surface area contributed by atoms with Gasteiger partial charge in [0.15, 0.2) is 0 Å². The summed E-state index contributed by atoms with van der Waals surface area (Å²) in [5, 5.41) is 12.4. The molecule has 302 valence electrons. The van der Waals surface area contributed by atoms with Crippen molar-refractivity contribution in [2.75, 3.05) is 0 Å². The van der Waals surface area contributed by atoms with Gasteiger partial charge < -0.3 is 13.7 Å². The van der Waals surface area contributed by atoms with E-state index in [1.165, 1.54) is 104 Å². The van der Waals surface area contributed by atoms with Gasteiger partial charge in [-0.15, -0.1) is 0 Å². The highest BCUT2D eigenvalue weighted by atomic mass is 15.1. The standard InChI is InChI=1S/C62H39N3/c1-2-18-40(19-3-1)61-48-25-4-6-27-50(48)62(51-28-7-5-26-49(51)61)41-34-36-42(37-35-41)63-53-29-13-12-24-47(53)52-38-59(64-54-30-14-8-20-43(54)44-21-9-15-31-55(44)64)60(39-58(52)63)65-56-32-16-10-22-45(56)46-23-11-17-33-57(46)65/h1-39H. The third-order valence-electron chi connectivity index (χ3n) is 13.8. The Morgan fingerprint density at radius 3 is 0.923 bits per heavy atom. The van der Waals surface area contributed by atoms with Crippen molar-refractivity contribution in [3.63, 3.8) is 0 Å². The minimum absolute atomic E-state index is 1.12. The quantitative estimate of drug-likeness (QED) is 0.154. The van der Waals surface area contributed by atoms with Gasteiger partial charge in [-0.3, -0.25) is 0 Å². The predicted octanol–water partition coefficient (Wildman–Crippen LogP) is 16.6. The van der Waals surface area contributed by atoms with E-state index in [-0.39, 0.29) is 0 Å². The number of rotatable bonds is 5. The second kappa shape index (κ2) is 13.9. The van der Waals surface area contributed by atoms with Gasteiger partial charge in [0, 0.05) is 38.0 Å². The molecule has 0 spiro atoms. The van der Waals surface area contributed by atoms with Gasteiger partial charge in [0.25, 0.3) is 0 Å². The normalized spacial score (nSPS) is 12.0. The smallest absolute Gasteiger partial charge is 0.0724 e. The summed E-state index contributed by atoms with van der Waals surface area (Å²) in [5.74, 6) is 0. The largest absolute Gasteiger partial charge is 0.309 e. The average molecular weight is 826 g/mol. The SMILES string of the molecule is c1ccc(-c2c3ccccc3c(-c3ccc(-n4c5ccccc5c5cc(-n6c7ccccc7c7ccccc76)c(-n6c7ccccc7c7ccccc76)cc54)cc3)c3ccccc23)cc1. The summed E-state index contributed by atoms with van der Waals surface area (Å²) in [5.41, 5.74) is 15.4. The first-order valence-electron chi connectivity index (χ1n) is 22.4. The average Bonchev–Trinajstić information content (AvgIpc) is 4.01. The van der Waals surface area contributed by atoms with Crippen molar-refractivity contribution in [1.29, 1.82) is 0 Å². The molecule has 0 aliphatic carbocycles. The fourth-order valence-corrected chi connectivity index (χ4v) is 11.1. The van der Waals surface area contributed by atoms with Crippen LogP contribution in [-0.2, 0) is 0 Å². The molecule has 65 heavy (non-hydrogen) atoms. The topological polar surface area (TPSA) is 14.8 Å². The number of benzene rings is 11. The molecule has 0 unspecified atom stereocenters. The molecule has 0 N–H and O–H groups in total. The second-order valence-corrected chi connectivity index (χ2v) is 17.2. The van der Waals surface area contributed by atoms with Gasteiger partial charge in [0.2, 0.25) is 0 Å². The van der Waals surface area contributed by atoms with Crippen LogP contribution in [0.15, 0.2) is 237 Å². The van der Waals surface area contributed by atoms with Gasteiger partial charge in [-0.05, 0) is 98.4 Å². The zero-order valence-electron chi connectivity index (χ0n) is 35.4. The third kappa shape index (κ3) is 5.18. The maximum Gasteiger partial charge on any atom is 0.0724 e. The van der Waals surface area contributed by atoms with E-state index in [1.807, 2.05) is 0 Å². The van der Waals surface area contributed by atoms with Crippen LogP contribution in [0, 0.1) is 0 Å². The molecule has 3 heteroatoms. The van der Waals surface area contributed by atoms with Crippen molar-refractivity contribution >= 4 is 87.0 Å². The van der Waals surface area contributed by atoms with Crippen LogP contribution in [-0.4, -0.2) is 13.7 Å². The Hall–Kier alpha value is -8.66. The molecule has 3 nitrogen and oxygen atoms in total. The van der Waals surface area contributed by atoms with Crippen LogP contribution in [0.1, 0.15) is 0 Å². The number of hydrogen-bond acceptors (Lipinski definition) is 0. The molecule has 0 saturated heterocycles.